The minimum absolute atomic E-state index is 0.0148. The van der Waals surface area contributed by atoms with E-state index in [0.29, 0.717) is 57.5 Å². The van der Waals surface area contributed by atoms with Gasteiger partial charge >= 0.3 is 6.18 Å². The van der Waals surface area contributed by atoms with Gasteiger partial charge in [-0.2, -0.15) is 13.2 Å². The van der Waals surface area contributed by atoms with Crippen molar-refractivity contribution in [2.45, 2.75) is 38.3 Å². The van der Waals surface area contributed by atoms with Crippen molar-refractivity contribution in [1.29, 1.82) is 0 Å². The lowest BCUT2D eigenvalue weighted by molar-refractivity contribution is -0.133. The summed E-state index contributed by atoms with van der Waals surface area (Å²) in [7, 11) is 0. The summed E-state index contributed by atoms with van der Waals surface area (Å²) in [6.07, 6.45) is 1.29. The molecule has 2 fully saturated rings. The highest BCUT2D eigenvalue weighted by molar-refractivity contribution is 6.32. The highest BCUT2D eigenvalue weighted by atomic mass is 35.5. The quantitative estimate of drug-likeness (QED) is 0.559. The van der Waals surface area contributed by atoms with E-state index in [0.717, 1.165) is 5.57 Å². The summed E-state index contributed by atoms with van der Waals surface area (Å²) in [5.74, 6) is -0.440. The van der Waals surface area contributed by atoms with Crippen LogP contribution >= 0.6 is 11.6 Å². The summed E-state index contributed by atoms with van der Waals surface area (Å²) < 4.78 is 39.2. The number of alkyl halides is 3. The summed E-state index contributed by atoms with van der Waals surface area (Å²) in [4.78, 5) is 29.2. The largest absolute Gasteiger partial charge is 0.506 e. The number of anilines is 1. The Kier molecular flexibility index (Phi) is 7.76. The first-order valence-corrected chi connectivity index (χ1v) is 12.3. The molecule has 0 saturated carbocycles. The number of nitrogens with one attached hydrogen (secondary N) is 1. The van der Waals surface area contributed by atoms with Crippen molar-refractivity contribution in [3.05, 3.63) is 46.5 Å². The molecule has 1 unspecified atom stereocenters. The van der Waals surface area contributed by atoms with Crippen molar-refractivity contribution >= 4 is 29.1 Å². The second-order valence-corrected chi connectivity index (χ2v) is 9.85. The minimum Gasteiger partial charge on any atom is -0.506 e. The van der Waals surface area contributed by atoms with Gasteiger partial charge in [0.2, 0.25) is 11.8 Å². The van der Waals surface area contributed by atoms with Crippen LogP contribution in [0.4, 0.5) is 18.9 Å². The van der Waals surface area contributed by atoms with Crippen molar-refractivity contribution in [2.24, 2.45) is 11.8 Å². The summed E-state index contributed by atoms with van der Waals surface area (Å²) >= 11 is 5.89. The molecule has 0 spiro atoms. The Bertz CT molecular complexity index is 1030. The van der Waals surface area contributed by atoms with Gasteiger partial charge < -0.3 is 15.3 Å². The van der Waals surface area contributed by atoms with Crippen molar-refractivity contribution < 1.29 is 27.9 Å². The number of piperidine rings is 1. The number of benzene rings is 1. The monoisotopic (exact) mass is 511 g/mol. The number of nitrogens with zero attached hydrogens (tertiary/aromatic N) is 2. The summed E-state index contributed by atoms with van der Waals surface area (Å²) in [5.41, 5.74) is 0.786. The Hall–Kier alpha value is -2.52. The van der Waals surface area contributed by atoms with Crippen LogP contribution in [0.5, 0.6) is 5.75 Å². The van der Waals surface area contributed by atoms with Crippen LogP contribution in [-0.4, -0.2) is 65.6 Å². The SMILES string of the molecule is O=C(Nc1ccc(O)c(Cl)c1)C1CCN(CC(=O)N2CCC(C3=CCCC(C(F)(F)F)=C3)CC2)C1. The molecule has 0 aromatic heterocycles. The van der Waals surface area contributed by atoms with Crippen LogP contribution in [0.3, 0.4) is 0 Å². The number of halogens is 4. The predicted molar refractivity (Wildman–Crippen MR) is 127 cm³/mol. The molecule has 0 bridgehead atoms. The molecule has 3 aliphatic rings. The summed E-state index contributed by atoms with van der Waals surface area (Å²) in [6.45, 7) is 2.37. The van der Waals surface area contributed by atoms with Gasteiger partial charge in [0.15, 0.2) is 0 Å². The number of hydrogen-bond acceptors (Lipinski definition) is 4. The first-order chi connectivity index (χ1) is 16.6. The average Bonchev–Trinajstić information content (AvgIpc) is 3.30. The number of likely N-dealkylation sites (tertiary alicyclic amines) is 2. The molecular formula is C25H29ClF3N3O3. The minimum atomic E-state index is -4.28. The van der Waals surface area contributed by atoms with Crippen LogP contribution in [-0.2, 0) is 9.59 Å². The maximum Gasteiger partial charge on any atom is 0.412 e. The van der Waals surface area contributed by atoms with Crippen molar-refractivity contribution in [2.75, 3.05) is 38.0 Å². The van der Waals surface area contributed by atoms with Gasteiger partial charge in [-0.25, -0.2) is 0 Å². The molecule has 1 aliphatic carbocycles. The van der Waals surface area contributed by atoms with E-state index < -0.39 is 11.7 Å². The first kappa shape index (κ1) is 25.6. The molecule has 6 nitrogen and oxygen atoms in total. The number of rotatable bonds is 5. The molecule has 2 heterocycles. The summed E-state index contributed by atoms with van der Waals surface area (Å²) in [6, 6.07) is 4.47. The topological polar surface area (TPSA) is 72.9 Å². The van der Waals surface area contributed by atoms with Crippen LogP contribution in [0.15, 0.2) is 41.5 Å². The molecule has 10 heteroatoms. The maximum absolute atomic E-state index is 13.1. The second-order valence-electron chi connectivity index (χ2n) is 9.44. The first-order valence-electron chi connectivity index (χ1n) is 11.9. The van der Waals surface area contributed by atoms with E-state index in [1.807, 2.05) is 11.0 Å². The molecule has 2 N–H and O–H groups in total. The fourth-order valence-electron chi connectivity index (χ4n) is 5.01. The third-order valence-electron chi connectivity index (χ3n) is 7.04. The van der Waals surface area contributed by atoms with E-state index in [1.165, 1.54) is 18.2 Å². The van der Waals surface area contributed by atoms with E-state index >= 15 is 0 Å². The molecule has 190 valence electrons. The Morgan fingerprint density at radius 1 is 1.14 bits per heavy atom. The normalized spacial score (nSPS) is 22.1. The van der Waals surface area contributed by atoms with Gasteiger partial charge in [0.25, 0.3) is 0 Å². The van der Waals surface area contributed by atoms with E-state index in [1.54, 1.807) is 11.0 Å². The zero-order chi connectivity index (χ0) is 25.2. The van der Waals surface area contributed by atoms with Gasteiger partial charge in [-0.3, -0.25) is 14.5 Å². The highest BCUT2D eigenvalue weighted by Gasteiger charge is 2.36. The lowest BCUT2D eigenvalue weighted by atomic mass is 9.84. The molecule has 2 saturated heterocycles. The highest BCUT2D eigenvalue weighted by Crippen LogP contribution is 2.37. The van der Waals surface area contributed by atoms with E-state index in [2.05, 4.69) is 5.32 Å². The van der Waals surface area contributed by atoms with E-state index in [4.69, 9.17) is 11.6 Å². The third kappa shape index (κ3) is 6.38. The Morgan fingerprint density at radius 2 is 1.89 bits per heavy atom. The molecular weight excluding hydrogens is 483 g/mol. The van der Waals surface area contributed by atoms with Crippen molar-refractivity contribution in [1.82, 2.24) is 9.80 Å². The number of phenolic OH excluding ortho intramolecular Hbond substituents is 1. The standard InChI is InChI=1S/C25H29ClF3N3O3/c26-21-13-20(4-5-22(21)33)30-24(35)18-6-9-31(14-18)15-23(34)32-10-7-16(8-11-32)17-2-1-3-19(12-17)25(27,28)29/h2,4-5,12-13,16,18,33H,1,3,6-11,14-15H2,(H,30,35). The Balaban J connectivity index is 1.23. The van der Waals surface area contributed by atoms with Crippen LogP contribution in [0.25, 0.3) is 0 Å². The van der Waals surface area contributed by atoms with Gasteiger partial charge in [0, 0.05) is 30.9 Å². The number of carbonyl (C=O) groups is 2. The van der Waals surface area contributed by atoms with Crippen molar-refractivity contribution in [3.63, 3.8) is 0 Å². The fourth-order valence-corrected chi connectivity index (χ4v) is 5.19. The lowest BCUT2D eigenvalue weighted by Crippen LogP contribution is -2.44. The molecule has 1 aromatic carbocycles. The van der Waals surface area contributed by atoms with Gasteiger partial charge in [0.05, 0.1) is 17.5 Å². The maximum atomic E-state index is 13.1. The third-order valence-corrected chi connectivity index (χ3v) is 7.34. The molecule has 0 radical (unpaired) electrons. The molecule has 2 amide bonds. The second kappa shape index (κ2) is 10.6. The predicted octanol–water partition coefficient (Wildman–Crippen LogP) is 4.75. The number of allylic oxidation sites excluding steroid dienone is 4. The molecule has 1 aromatic rings. The van der Waals surface area contributed by atoms with Crippen LogP contribution in [0, 0.1) is 11.8 Å². The molecule has 1 atom stereocenters. The Morgan fingerprint density at radius 3 is 2.57 bits per heavy atom. The smallest absolute Gasteiger partial charge is 0.412 e. The van der Waals surface area contributed by atoms with Gasteiger partial charge in [0.1, 0.15) is 5.75 Å². The summed E-state index contributed by atoms with van der Waals surface area (Å²) in [5, 5.41) is 12.5. The van der Waals surface area contributed by atoms with E-state index in [-0.39, 0.29) is 47.4 Å². The number of carbonyl (C=O) groups excluding carboxylic acids is 2. The number of phenols is 1. The van der Waals surface area contributed by atoms with Crippen molar-refractivity contribution in [3.8, 4) is 5.75 Å². The number of amides is 2. The lowest BCUT2D eigenvalue weighted by Gasteiger charge is -2.34. The fraction of sp³-hybridized carbons (Fsp3) is 0.520. The van der Waals surface area contributed by atoms with Gasteiger partial charge in [-0.1, -0.05) is 23.8 Å². The van der Waals surface area contributed by atoms with E-state index in [9.17, 15) is 27.9 Å². The number of hydrogen-bond donors (Lipinski definition) is 2. The zero-order valence-electron chi connectivity index (χ0n) is 19.3. The van der Waals surface area contributed by atoms with Gasteiger partial charge in [-0.05, 0) is 68.3 Å². The van der Waals surface area contributed by atoms with Gasteiger partial charge in [-0.15, -0.1) is 0 Å². The average molecular weight is 512 g/mol. The Labute approximate surface area is 207 Å². The van der Waals surface area contributed by atoms with Crippen LogP contribution < -0.4 is 5.32 Å². The zero-order valence-corrected chi connectivity index (χ0v) is 20.0. The molecule has 35 heavy (non-hydrogen) atoms. The molecule has 2 aliphatic heterocycles. The number of aromatic hydroxyl groups is 1. The molecule has 4 rings (SSSR count). The van der Waals surface area contributed by atoms with Crippen LogP contribution in [0.1, 0.15) is 32.1 Å². The van der Waals surface area contributed by atoms with Crippen LogP contribution in [0.2, 0.25) is 5.02 Å².